The summed E-state index contributed by atoms with van der Waals surface area (Å²) in [4.78, 5) is 12.1. The standard InChI is InChI=1S/C14H15F2N3OS.C2H4O3/c15-9-3-8-4-11(7-20-13(8)12(16)5-9)19-10(1-2-17)6-18-14(19)21;3-1-2(4)5/h3,5-6,11H,1-2,4,7,17H2,(H,18,21);3H,1H2,(H,4,5)/t11-;/m1./s1. The van der Waals surface area contributed by atoms with E-state index in [1.165, 1.54) is 6.07 Å². The summed E-state index contributed by atoms with van der Waals surface area (Å²) in [6.07, 6.45) is 2.96. The van der Waals surface area contributed by atoms with Crippen molar-refractivity contribution in [1.82, 2.24) is 9.55 Å². The molecular formula is C16H19F2N3O4S. The number of aromatic nitrogens is 2. The molecule has 0 aliphatic carbocycles. The highest BCUT2D eigenvalue weighted by Gasteiger charge is 2.26. The lowest BCUT2D eigenvalue weighted by Crippen LogP contribution is -2.27. The Morgan fingerprint density at radius 3 is 2.77 bits per heavy atom. The van der Waals surface area contributed by atoms with Crippen LogP contribution in [0.1, 0.15) is 17.3 Å². The highest BCUT2D eigenvalue weighted by molar-refractivity contribution is 7.71. The van der Waals surface area contributed by atoms with Crippen molar-refractivity contribution >= 4 is 18.2 Å². The summed E-state index contributed by atoms with van der Waals surface area (Å²) in [5.74, 6) is -2.32. The number of imidazole rings is 1. The lowest BCUT2D eigenvalue weighted by Gasteiger charge is -2.27. The second-order valence-corrected chi connectivity index (χ2v) is 5.98. The molecule has 0 saturated heterocycles. The van der Waals surface area contributed by atoms with Crippen LogP contribution in [0, 0.1) is 16.4 Å². The van der Waals surface area contributed by atoms with Crippen molar-refractivity contribution in [3.05, 3.63) is 46.0 Å². The third-order valence-corrected chi connectivity index (χ3v) is 4.07. The third kappa shape index (κ3) is 4.65. The molecule has 1 atom stereocenters. The van der Waals surface area contributed by atoms with Crippen molar-refractivity contribution in [2.75, 3.05) is 19.8 Å². The van der Waals surface area contributed by atoms with Gasteiger partial charge in [-0.25, -0.2) is 13.6 Å². The van der Waals surface area contributed by atoms with Crippen LogP contribution in [-0.4, -0.2) is 45.5 Å². The maximum atomic E-state index is 13.7. The van der Waals surface area contributed by atoms with Crippen molar-refractivity contribution in [1.29, 1.82) is 0 Å². The van der Waals surface area contributed by atoms with Crippen LogP contribution in [0.2, 0.25) is 0 Å². The number of nitrogens with two attached hydrogens (primary N) is 1. The Balaban J connectivity index is 0.000000431. The average Bonchev–Trinajstić information content (AvgIpc) is 2.95. The fourth-order valence-corrected chi connectivity index (χ4v) is 3.07. The second kappa shape index (κ2) is 8.88. The van der Waals surface area contributed by atoms with Gasteiger partial charge in [-0.05, 0) is 24.8 Å². The largest absolute Gasteiger partial charge is 0.488 e. The van der Waals surface area contributed by atoms with Gasteiger partial charge in [0.2, 0.25) is 0 Å². The number of hydrogen-bond donors (Lipinski definition) is 4. The number of ether oxygens (including phenoxy) is 1. The molecule has 1 aliphatic heterocycles. The highest BCUT2D eigenvalue weighted by atomic mass is 32.1. The number of carbonyl (C=O) groups is 1. The summed E-state index contributed by atoms with van der Waals surface area (Å²) in [5, 5.41) is 15.0. The number of halogens is 2. The Kier molecular flexibility index (Phi) is 6.83. The Bertz CT molecular complexity index is 837. The number of benzene rings is 1. The molecule has 1 aliphatic rings. The quantitative estimate of drug-likeness (QED) is 0.592. The number of fused-ring (bicyclic) bond motifs is 1. The summed E-state index contributed by atoms with van der Waals surface area (Å²) < 4.78 is 35.0. The zero-order valence-electron chi connectivity index (χ0n) is 13.7. The predicted molar refractivity (Wildman–Crippen MR) is 91.7 cm³/mol. The van der Waals surface area contributed by atoms with Gasteiger partial charge < -0.3 is 30.2 Å². The Morgan fingerprint density at radius 2 is 2.15 bits per heavy atom. The van der Waals surface area contributed by atoms with E-state index in [9.17, 15) is 8.78 Å². The molecule has 10 heteroatoms. The number of H-pyrrole nitrogens is 1. The molecule has 0 unspecified atom stereocenters. The zero-order chi connectivity index (χ0) is 19.3. The van der Waals surface area contributed by atoms with Crippen molar-refractivity contribution in [3.63, 3.8) is 0 Å². The lowest BCUT2D eigenvalue weighted by atomic mass is 10.0. The number of carboxylic acid groups (broad SMARTS) is 1. The van der Waals surface area contributed by atoms with Crippen molar-refractivity contribution in [2.24, 2.45) is 5.73 Å². The van der Waals surface area contributed by atoms with Gasteiger partial charge in [0.1, 0.15) is 19.0 Å². The molecule has 0 bridgehead atoms. The van der Waals surface area contributed by atoms with Crippen LogP contribution in [0.3, 0.4) is 0 Å². The number of aliphatic hydroxyl groups is 1. The number of aliphatic hydroxyl groups excluding tert-OH is 1. The first-order valence-corrected chi connectivity index (χ1v) is 8.20. The molecule has 0 spiro atoms. The molecule has 3 rings (SSSR count). The van der Waals surface area contributed by atoms with Gasteiger partial charge in [-0.2, -0.15) is 0 Å². The van der Waals surface area contributed by atoms with Gasteiger partial charge in [-0.1, -0.05) is 0 Å². The fourth-order valence-electron chi connectivity index (χ4n) is 2.74. The first-order chi connectivity index (χ1) is 12.4. The predicted octanol–water partition coefficient (Wildman–Crippen LogP) is 1.56. The summed E-state index contributed by atoms with van der Waals surface area (Å²) in [6.45, 7) is 0.0132. The molecule has 142 valence electrons. The Morgan fingerprint density at radius 1 is 1.46 bits per heavy atom. The number of aromatic amines is 1. The van der Waals surface area contributed by atoms with E-state index in [1.54, 1.807) is 0 Å². The second-order valence-electron chi connectivity index (χ2n) is 5.59. The number of hydrogen-bond acceptors (Lipinski definition) is 5. The van der Waals surface area contributed by atoms with Gasteiger partial charge in [0, 0.05) is 36.4 Å². The minimum atomic E-state index is -1.19. The molecule has 0 fully saturated rings. The monoisotopic (exact) mass is 387 g/mol. The van der Waals surface area contributed by atoms with Crippen LogP contribution in [-0.2, 0) is 17.6 Å². The van der Waals surface area contributed by atoms with Gasteiger partial charge in [0.05, 0.1) is 6.04 Å². The molecule has 7 nitrogen and oxygen atoms in total. The van der Waals surface area contributed by atoms with Gasteiger partial charge in [0.25, 0.3) is 0 Å². The van der Waals surface area contributed by atoms with E-state index in [-0.39, 0.29) is 11.8 Å². The molecule has 26 heavy (non-hydrogen) atoms. The number of nitrogens with zero attached hydrogens (tertiary/aromatic N) is 1. The smallest absolute Gasteiger partial charge is 0.329 e. The van der Waals surface area contributed by atoms with Crippen molar-refractivity contribution < 1.29 is 28.5 Å². The Hall–Kier alpha value is -2.30. The van der Waals surface area contributed by atoms with Crippen LogP contribution in [0.4, 0.5) is 8.78 Å². The third-order valence-electron chi connectivity index (χ3n) is 3.75. The fraction of sp³-hybridized carbons (Fsp3) is 0.375. The van der Waals surface area contributed by atoms with Gasteiger partial charge in [-0.15, -0.1) is 0 Å². The van der Waals surface area contributed by atoms with Crippen molar-refractivity contribution in [2.45, 2.75) is 18.9 Å². The summed E-state index contributed by atoms with van der Waals surface area (Å²) >= 11 is 5.28. The Labute approximate surface area is 153 Å². The van der Waals surface area contributed by atoms with Crippen LogP contribution >= 0.6 is 12.2 Å². The van der Waals surface area contributed by atoms with E-state index in [1.807, 2.05) is 10.8 Å². The van der Waals surface area contributed by atoms with E-state index in [2.05, 4.69) is 4.98 Å². The first kappa shape index (κ1) is 20.0. The number of nitrogens with one attached hydrogen (secondary N) is 1. The zero-order valence-corrected chi connectivity index (χ0v) is 14.6. The minimum absolute atomic E-state index is 0.0981. The molecule has 1 aromatic carbocycles. The topological polar surface area (TPSA) is 114 Å². The van der Waals surface area contributed by atoms with E-state index < -0.39 is 24.2 Å². The summed E-state index contributed by atoms with van der Waals surface area (Å²) in [5.41, 5.74) is 7.08. The number of rotatable bonds is 4. The van der Waals surface area contributed by atoms with Gasteiger partial charge in [-0.3, -0.25) is 0 Å². The normalized spacial score (nSPS) is 15.5. The number of aliphatic carboxylic acids is 1. The molecule has 2 aromatic rings. The van der Waals surface area contributed by atoms with E-state index in [0.29, 0.717) is 36.3 Å². The van der Waals surface area contributed by atoms with Crippen LogP contribution in [0.25, 0.3) is 0 Å². The maximum Gasteiger partial charge on any atom is 0.329 e. The minimum Gasteiger partial charge on any atom is -0.488 e. The van der Waals surface area contributed by atoms with Gasteiger partial charge >= 0.3 is 5.97 Å². The molecule has 5 N–H and O–H groups in total. The van der Waals surface area contributed by atoms with E-state index in [4.69, 9.17) is 37.7 Å². The summed E-state index contributed by atoms with van der Waals surface area (Å²) in [7, 11) is 0. The first-order valence-electron chi connectivity index (χ1n) is 7.79. The van der Waals surface area contributed by atoms with E-state index in [0.717, 1.165) is 11.8 Å². The molecule has 2 heterocycles. The van der Waals surface area contributed by atoms with Crippen molar-refractivity contribution in [3.8, 4) is 5.75 Å². The molecular weight excluding hydrogens is 368 g/mol. The number of carboxylic acids is 1. The van der Waals surface area contributed by atoms with E-state index >= 15 is 0 Å². The maximum absolute atomic E-state index is 13.7. The van der Waals surface area contributed by atoms with Gasteiger partial charge in [0.15, 0.2) is 16.3 Å². The molecule has 0 amide bonds. The lowest BCUT2D eigenvalue weighted by molar-refractivity contribution is -0.140. The van der Waals surface area contributed by atoms with Crippen LogP contribution < -0.4 is 10.5 Å². The highest BCUT2D eigenvalue weighted by Crippen LogP contribution is 2.33. The molecule has 0 radical (unpaired) electrons. The van der Waals surface area contributed by atoms with Crippen LogP contribution in [0.15, 0.2) is 18.3 Å². The molecule has 0 saturated carbocycles. The summed E-state index contributed by atoms with van der Waals surface area (Å²) in [6, 6.07) is 2.05. The SMILES string of the molecule is NCCc1c[nH]c(=S)n1[C@H]1COc2c(F)cc(F)cc2C1.O=C(O)CO. The molecule has 1 aromatic heterocycles. The average molecular weight is 387 g/mol. The van der Waals surface area contributed by atoms with Crippen LogP contribution in [0.5, 0.6) is 5.75 Å².